The molecule has 0 bridgehead atoms. The molecule has 0 radical (unpaired) electrons. The molecule has 0 spiro atoms. The molecule has 0 aliphatic heterocycles. The van der Waals surface area contributed by atoms with Gasteiger partial charge in [-0.1, -0.05) is 6.07 Å². The fourth-order valence-electron chi connectivity index (χ4n) is 1.66. The number of aromatic nitrogens is 1. The van der Waals surface area contributed by atoms with E-state index in [1.807, 2.05) is 0 Å². The molecule has 0 aliphatic carbocycles. The fraction of sp³-hybridized carbons (Fsp3) is 0.308. The van der Waals surface area contributed by atoms with Crippen LogP contribution < -0.4 is 5.76 Å². The topological polar surface area (TPSA) is 55.4 Å². The lowest BCUT2D eigenvalue weighted by Crippen LogP contribution is -2.11. The first-order valence-corrected chi connectivity index (χ1v) is 5.70. The van der Waals surface area contributed by atoms with E-state index in [4.69, 9.17) is 9.52 Å². The third-order valence-corrected chi connectivity index (χ3v) is 2.70. The van der Waals surface area contributed by atoms with E-state index < -0.39 is 5.76 Å². The molecule has 0 amide bonds. The van der Waals surface area contributed by atoms with Crippen LogP contribution in [0.3, 0.4) is 0 Å². The Morgan fingerprint density at radius 2 is 2.22 bits per heavy atom. The summed E-state index contributed by atoms with van der Waals surface area (Å²) in [5, 5.41) is 8.71. The smallest absolute Gasteiger partial charge is 0.413 e. The molecular weight excluding hydrogens is 237 g/mol. The van der Waals surface area contributed by atoms with Gasteiger partial charge in [-0.05, 0) is 31.0 Å². The Morgan fingerprint density at radius 3 is 2.89 bits per heavy atom. The number of aliphatic hydroxyl groups is 1. The normalized spacial score (nSPS) is 10.8. The molecule has 4 nitrogen and oxygen atoms in total. The number of aliphatic hydroxyl groups excluding tert-OH is 1. The largest absolute Gasteiger partial charge is 0.423 e. The van der Waals surface area contributed by atoms with Crippen molar-refractivity contribution < 1.29 is 13.9 Å². The number of hydrogen-bond donors (Lipinski definition) is 1. The third-order valence-electron chi connectivity index (χ3n) is 2.70. The second kappa shape index (κ2) is 5.18. The number of nitrogens with zero attached hydrogens (tertiary/aromatic N) is 1. The third kappa shape index (κ3) is 2.51. The Kier molecular flexibility index (Phi) is 3.62. The fourth-order valence-corrected chi connectivity index (χ4v) is 1.66. The highest BCUT2D eigenvalue weighted by Crippen LogP contribution is 2.13. The lowest BCUT2D eigenvalue weighted by Gasteiger charge is -2.01. The van der Waals surface area contributed by atoms with Gasteiger partial charge in [0.2, 0.25) is 0 Å². The second-order valence-electron chi connectivity index (χ2n) is 4.09. The highest BCUT2D eigenvalue weighted by molar-refractivity contribution is 5.35. The van der Waals surface area contributed by atoms with Gasteiger partial charge >= 0.3 is 5.76 Å². The van der Waals surface area contributed by atoms with Crippen LogP contribution in [0.5, 0.6) is 0 Å². The Labute approximate surface area is 103 Å². The molecular formula is C13H14FNO3. The zero-order valence-corrected chi connectivity index (χ0v) is 10.0. The van der Waals surface area contributed by atoms with E-state index in [2.05, 4.69) is 0 Å². The van der Waals surface area contributed by atoms with Crippen molar-refractivity contribution in [3.8, 4) is 5.69 Å². The maximum absolute atomic E-state index is 13.4. The average molecular weight is 251 g/mol. The molecule has 5 heteroatoms. The number of benzene rings is 1. The van der Waals surface area contributed by atoms with E-state index in [-0.39, 0.29) is 12.4 Å². The Bertz CT molecular complexity index is 601. The highest BCUT2D eigenvalue weighted by atomic mass is 19.1. The second-order valence-corrected chi connectivity index (χ2v) is 4.09. The molecule has 2 aromatic rings. The molecule has 0 aliphatic rings. The molecule has 1 aromatic carbocycles. The van der Waals surface area contributed by atoms with Gasteiger partial charge in [-0.15, -0.1) is 0 Å². The van der Waals surface area contributed by atoms with E-state index in [0.29, 0.717) is 29.9 Å². The summed E-state index contributed by atoms with van der Waals surface area (Å²) in [6, 6.07) is 4.56. The Morgan fingerprint density at radius 1 is 1.44 bits per heavy atom. The summed E-state index contributed by atoms with van der Waals surface area (Å²) in [7, 11) is 0. The number of hydrogen-bond acceptors (Lipinski definition) is 3. The predicted molar refractivity (Wildman–Crippen MR) is 64.4 cm³/mol. The number of halogens is 1. The summed E-state index contributed by atoms with van der Waals surface area (Å²) in [6.45, 7) is 1.69. The van der Waals surface area contributed by atoms with Gasteiger partial charge < -0.3 is 9.52 Å². The maximum Gasteiger partial charge on any atom is 0.423 e. The molecule has 18 heavy (non-hydrogen) atoms. The van der Waals surface area contributed by atoms with E-state index >= 15 is 0 Å². The van der Waals surface area contributed by atoms with Crippen molar-refractivity contribution in [3.63, 3.8) is 0 Å². The molecule has 1 heterocycles. The van der Waals surface area contributed by atoms with Gasteiger partial charge in [-0.2, -0.15) is 0 Å². The van der Waals surface area contributed by atoms with Crippen LogP contribution in [0.25, 0.3) is 5.69 Å². The summed E-state index contributed by atoms with van der Waals surface area (Å²) < 4.78 is 19.7. The summed E-state index contributed by atoms with van der Waals surface area (Å²) in [5.74, 6) is -0.432. The maximum atomic E-state index is 13.4. The minimum Gasteiger partial charge on any atom is -0.413 e. The van der Waals surface area contributed by atoms with Crippen molar-refractivity contribution in [2.75, 3.05) is 6.61 Å². The molecule has 2 rings (SSSR count). The van der Waals surface area contributed by atoms with Crippen LogP contribution >= 0.6 is 0 Å². The molecule has 0 saturated carbocycles. The van der Waals surface area contributed by atoms with Crippen molar-refractivity contribution >= 4 is 0 Å². The van der Waals surface area contributed by atoms with Crippen LogP contribution in [0.4, 0.5) is 4.39 Å². The molecule has 96 valence electrons. The van der Waals surface area contributed by atoms with Crippen molar-refractivity contribution in [3.05, 3.63) is 52.1 Å². The molecule has 0 saturated heterocycles. The molecule has 0 atom stereocenters. The summed E-state index contributed by atoms with van der Waals surface area (Å²) in [5.41, 5.74) is 0.956. The summed E-state index contributed by atoms with van der Waals surface area (Å²) in [6.07, 6.45) is 2.53. The average Bonchev–Trinajstić information content (AvgIpc) is 2.71. The molecule has 1 N–H and O–H groups in total. The van der Waals surface area contributed by atoms with Crippen molar-refractivity contribution in [2.45, 2.75) is 19.8 Å². The number of oxazole rings is 1. The SMILES string of the molecule is Cc1ccc(-n2cc(CCCO)oc2=O)cc1F. The lowest BCUT2D eigenvalue weighted by molar-refractivity contribution is 0.283. The van der Waals surface area contributed by atoms with Crippen molar-refractivity contribution in [1.29, 1.82) is 0 Å². The van der Waals surface area contributed by atoms with E-state index in [9.17, 15) is 9.18 Å². The first kappa shape index (κ1) is 12.6. The Balaban J connectivity index is 2.35. The quantitative estimate of drug-likeness (QED) is 0.901. The van der Waals surface area contributed by atoms with Gasteiger partial charge in [0.25, 0.3) is 0 Å². The lowest BCUT2D eigenvalue weighted by atomic mass is 10.2. The van der Waals surface area contributed by atoms with Crippen molar-refractivity contribution in [1.82, 2.24) is 4.57 Å². The van der Waals surface area contributed by atoms with E-state index in [1.54, 1.807) is 19.1 Å². The number of aryl methyl sites for hydroxylation is 2. The van der Waals surface area contributed by atoms with Gasteiger partial charge in [0.15, 0.2) is 0 Å². The molecule has 0 unspecified atom stereocenters. The first-order valence-electron chi connectivity index (χ1n) is 5.70. The zero-order chi connectivity index (χ0) is 13.1. The molecule has 1 aromatic heterocycles. The van der Waals surface area contributed by atoms with Gasteiger partial charge in [-0.3, -0.25) is 0 Å². The summed E-state index contributed by atoms with van der Waals surface area (Å²) in [4.78, 5) is 11.6. The van der Waals surface area contributed by atoms with Gasteiger partial charge in [0.1, 0.15) is 11.6 Å². The van der Waals surface area contributed by atoms with Gasteiger partial charge in [0.05, 0.1) is 11.9 Å². The monoisotopic (exact) mass is 251 g/mol. The van der Waals surface area contributed by atoms with Crippen LogP contribution in [0, 0.1) is 12.7 Å². The zero-order valence-electron chi connectivity index (χ0n) is 10.0. The predicted octanol–water partition coefficient (Wildman–Crippen LogP) is 1.80. The minimum atomic E-state index is -0.550. The van der Waals surface area contributed by atoms with Gasteiger partial charge in [0, 0.05) is 13.0 Å². The van der Waals surface area contributed by atoms with E-state index in [1.165, 1.54) is 16.8 Å². The van der Waals surface area contributed by atoms with Crippen LogP contribution in [0.2, 0.25) is 0 Å². The van der Waals surface area contributed by atoms with Crippen LogP contribution in [0.15, 0.2) is 33.6 Å². The Hall–Kier alpha value is -1.88. The van der Waals surface area contributed by atoms with Crippen LogP contribution in [-0.2, 0) is 6.42 Å². The minimum absolute atomic E-state index is 0.0358. The highest BCUT2D eigenvalue weighted by Gasteiger charge is 2.09. The first-order chi connectivity index (χ1) is 8.61. The van der Waals surface area contributed by atoms with Crippen LogP contribution in [-0.4, -0.2) is 16.3 Å². The summed E-state index contributed by atoms with van der Waals surface area (Å²) >= 11 is 0. The van der Waals surface area contributed by atoms with Crippen LogP contribution in [0.1, 0.15) is 17.7 Å². The van der Waals surface area contributed by atoms with Crippen molar-refractivity contribution in [2.24, 2.45) is 0 Å². The number of rotatable bonds is 4. The van der Waals surface area contributed by atoms with E-state index in [0.717, 1.165) is 0 Å². The standard InChI is InChI=1S/C13H14FNO3/c1-9-4-5-10(7-12(9)14)15-8-11(3-2-6-16)18-13(15)17/h4-5,7-8,16H,2-3,6H2,1H3. The van der Waals surface area contributed by atoms with Gasteiger partial charge in [-0.25, -0.2) is 13.8 Å². The molecule has 0 fully saturated rings.